The van der Waals surface area contributed by atoms with Gasteiger partial charge in [-0.2, -0.15) is 5.10 Å². The number of hydrogen-bond donors (Lipinski definition) is 1. The number of benzene rings is 1. The van der Waals surface area contributed by atoms with Crippen LogP contribution in [0, 0.1) is 13.8 Å². The van der Waals surface area contributed by atoms with E-state index in [9.17, 15) is 9.59 Å². The number of rotatable bonds is 5. The number of nitrogens with zero attached hydrogens (tertiary/aromatic N) is 3. The third kappa shape index (κ3) is 4.20. The Labute approximate surface area is 151 Å². The molecule has 1 atom stereocenters. The largest absolute Gasteiger partial charge is 0.349 e. The fraction of sp³-hybridized carbons (Fsp3) is 0.389. The van der Waals surface area contributed by atoms with Gasteiger partial charge in [-0.1, -0.05) is 29.8 Å². The number of halogens is 1. The van der Waals surface area contributed by atoms with Crippen LogP contribution in [0.1, 0.15) is 23.4 Å². The Morgan fingerprint density at radius 3 is 2.80 bits per heavy atom. The highest BCUT2D eigenvalue weighted by molar-refractivity contribution is 6.31. The zero-order chi connectivity index (χ0) is 18.0. The van der Waals surface area contributed by atoms with E-state index >= 15 is 0 Å². The Bertz CT molecular complexity index is 802. The summed E-state index contributed by atoms with van der Waals surface area (Å²) in [5, 5.41) is 7.86. The SMILES string of the molecule is Cc1cc(C)n(CC(=O)NC2CC(=O)N(Cc3ccccc3Cl)C2)n1. The second-order valence-corrected chi connectivity index (χ2v) is 6.83. The van der Waals surface area contributed by atoms with Gasteiger partial charge in [0.25, 0.3) is 0 Å². The third-order valence-corrected chi connectivity index (χ3v) is 4.66. The number of likely N-dealkylation sites (tertiary alicyclic amines) is 1. The van der Waals surface area contributed by atoms with Crippen LogP contribution < -0.4 is 5.32 Å². The zero-order valence-electron chi connectivity index (χ0n) is 14.3. The van der Waals surface area contributed by atoms with Crippen molar-refractivity contribution in [3.05, 3.63) is 52.3 Å². The molecule has 1 aliphatic rings. The van der Waals surface area contributed by atoms with E-state index in [0.717, 1.165) is 17.0 Å². The van der Waals surface area contributed by atoms with Gasteiger partial charge in [0.2, 0.25) is 11.8 Å². The molecule has 132 valence electrons. The maximum Gasteiger partial charge on any atom is 0.242 e. The van der Waals surface area contributed by atoms with E-state index in [4.69, 9.17) is 11.6 Å². The summed E-state index contributed by atoms with van der Waals surface area (Å²) < 4.78 is 1.67. The first-order chi connectivity index (χ1) is 11.9. The van der Waals surface area contributed by atoms with E-state index in [0.29, 0.717) is 24.5 Å². The van der Waals surface area contributed by atoms with Gasteiger partial charge in [-0.3, -0.25) is 14.3 Å². The van der Waals surface area contributed by atoms with Crippen LogP contribution in [0.5, 0.6) is 0 Å². The van der Waals surface area contributed by atoms with E-state index in [1.165, 1.54) is 0 Å². The Kier molecular flexibility index (Phi) is 5.08. The molecule has 1 fully saturated rings. The smallest absolute Gasteiger partial charge is 0.242 e. The Morgan fingerprint density at radius 1 is 1.36 bits per heavy atom. The summed E-state index contributed by atoms with van der Waals surface area (Å²) in [7, 11) is 0. The monoisotopic (exact) mass is 360 g/mol. The first-order valence-corrected chi connectivity index (χ1v) is 8.62. The lowest BCUT2D eigenvalue weighted by Gasteiger charge is -2.18. The molecule has 1 aromatic heterocycles. The number of carbonyl (C=O) groups excluding carboxylic acids is 2. The van der Waals surface area contributed by atoms with Gasteiger partial charge in [0.15, 0.2) is 0 Å². The molecule has 0 bridgehead atoms. The van der Waals surface area contributed by atoms with Gasteiger partial charge in [0.05, 0.1) is 11.7 Å². The zero-order valence-corrected chi connectivity index (χ0v) is 15.1. The number of carbonyl (C=O) groups is 2. The molecule has 2 aromatic rings. The number of aromatic nitrogens is 2. The van der Waals surface area contributed by atoms with Crippen molar-refractivity contribution in [2.75, 3.05) is 6.54 Å². The fourth-order valence-electron chi connectivity index (χ4n) is 3.10. The van der Waals surface area contributed by atoms with E-state index in [1.807, 2.05) is 44.2 Å². The van der Waals surface area contributed by atoms with Gasteiger partial charge < -0.3 is 10.2 Å². The molecule has 2 heterocycles. The van der Waals surface area contributed by atoms with Crippen LogP contribution in [0.25, 0.3) is 0 Å². The molecule has 25 heavy (non-hydrogen) atoms. The molecule has 0 aliphatic carbocycles. The van der Waals surface area contributed by atoms with Gasteiger partial charge in [-0.15, -0.1) is 0 Å². The van der Waals surface area contributed by atoms with E-state index in [-0.39, 0.29) is 24.4 Å². The molecule has 1 unspecified atom stereocenters. The minimum absolute atomic E-state index is 0.0244. The van der Waals surface area contributed by atoms with Crippen LogP contribution in [0.3, 0.4) is 0 Å². The van der Waals surface area contributed by atoms with E-state index in [2.05, 4.69) is 10.4 Å². The van der Waals surface area contributed by atoms with Crippen LogP contribution in [0.2, 0.25) is 5.02 Å². The molecule has 2 amide bonds. The van der Waals surface area contributed by atoms with Crippen LogP contribution in [-0.2, 0) is 22.7 Å². The van der Waals surface area contributed by atoms with Gasteiger partial charge in [0, 0.05) is 30.2 Å². The van der Waals surface area contributed by atoms with Gasteiger partial charge in [-0.25, -0.2) is 0 Å². The summed E-state index contributed by atoms with van der Waals surface area (Å²) in [4.78, 5) is 26.2. The van der Waals surface area contributed by atoms with Gasteiger partial charge >= 0.3 is 0 Å². The molecule has 1 aromatic carbocycles. The molecule has 1 aliphatic heterocycles. The maximum atomic E-state index is 12.2. The van der Waals surface area contributed by atoms with Gasteiger partial charge in [-0.05, 0) is 31.5 Å². The average Bonchev–Trinajstić information content (AvgIpc) is 3.03. The molecule has 0 spiro atoms. The quantitative estimate of drug-likeness (QED) is 0.887. The Hall–Kier alpha value is -2.34. The summed E-state index contributed by atoms with van der Waals surface area (Å²) >= 11 is 6.16. The highest BCUT2D eigenvalue weighted by atomic mass is 35.5. The average molecular weight is 361 g/mol. The Morgan fingerprint density at radius 2 is 2.12 bits per heavy atom. The lowest BCUT2D eigenvalue weighted by molar-refractivity contribution is -0.128. The van der Waals surface area contributed by atoms with Crippen LogP contribution in [0.15, 0.2) is 30.3 Å². The number of hydrogen-bond acceptors (Lipinski definition) is 3. The highest BCUT2D eigenvalue weighted by Crippen LogP contribution is 2.20. The summed E-state index contributed by atoms with van der Waals surface area (Å²) in [5.41, 5.74) is 2.73. The second-order valence-electron chi connectivity index (χ2n) is 6.42. The number of aryl methyl sites for hydroxylation is 2. The minimum Gasteiger partial charge on any atom is -0.349 e. The van der Waals surface area contributed by atoms with Crippen LogP contribution in [-0.4, -0.2) is 39.1 Å². The Balaban J connectivity index is 1.56. The molecule has 7 heteroatoms. The molecule has 1 saturated heterocycles. The molecule has 6 nitrogen and oxygen atoms in total. The van der Waals surface area contributed by atoms with Crippen LogP contribution in [0.4, 0.5) is 0 Å². The lowest BCUT2D eigenvalue weighted by Crippen LogP contribution is -2.39. The molecular formula is C18H21ClN4O2. The molecule has 1 N–H and O–H groups in total. The summed E-state index contributed by atoms with van der Waals surface area (Å²) in [5.74, 6) is -0.111. The molecule has 3 rings (SSSR count). The van der Waals surface area contributed by atoms with Crippen molar-refractivity contribution >= 4 is 23.4 Å². The molecular weight excluding hydrogens is 340 g/mol. The molecule has 0 radical (unpaired) electrons. The first kappa shape index (κ1) is 17.5. The van der Waals surface area contributed by atoms with Crippen LogP contribution >= 0.6 is 11.6 Å². The van der Waals surface area contributed by atoms with Crippen molar-refractivity contribution in [2.24, 2.45) is 0 Å². The summed E-state index contributed by atoms with van der Waals surface area (Å²) in [6.07, 6.45) is 0.313. The highest BCUT2D eigenvalue weighted by Gasteiger charge is 2.30. The number of nitrogens with one attached hydrogen (secondary N) is 1. The summed E-state index contributed by atoms with van der Waals surface area (Å²) in [6.45, 7) is 4.92. The molecule has 0 saturated carbocycles. The maximum absolute atomic E-state index is 12.2. The first-order valence-electron chi connectivity index (χ1n) is 8.24. The topological polar surface area (TPSA) is 67.2 Å². The summed E-state index contributed by atoms with van der Waals surface area (Å²) in [6, 6.07) is 9.22. The van der Waals surface area contributed by atoms with Crippen molar-refractivity contribution in [3.8, 4) is 0 Å². The van der Waals surface area contributed by atoms with Crippen molar-refractivity contribution in [1.29, 1.82) is 0 Å². The predicted molar refractivity (Wildman–Crippen MR) is 95.1 cm³/mol. The standard InChI is InChI=1S/C18H21ClN4O2/c1-12-7-13(2)23(21-12)11-17(24)20-15-8-18(25)22(10-15)9-14-5-3-4-6-16(14)19/h3-7,15H,8-11H2,1-2H3,(H,20,24). The van der Waals surface area contributed by atoms with E-state index in [1.54, 1.807) is 9.58 Å². The minimum atomic E-state index is -0.181. The fourth-order valence-corrected chi connectivity index (χ4v) is 3.29. The van der Waals surface area contributed by atoms with E-state index < -0.39 is 0 Å². The normalized spacial score (nSPS) is 17.2. The third-order valence-electron chi connectivity index (χ3n) is 4.30. The van der Waals surface area contributed by atoms with Crippen molar-refractivity contribution in [2.45, 2.75) is 39.4 Å². The van der Waals surface area contributed by atoms with Crippen molar-refractivity contribution in [1.82, 2.24) is 20.0 Å². The van der Waals surface area contributed by atoms with Crippen molar-refractivity contribution < 1.29 is 9.59 Å². The van der Waals surface area contributed by atoms with Gasteiger partial charge in [0.1, 0.15) is 6.54 Å². The number of amides is 2. The second kappa shape index (κ2) is 7.27. The predicted octanol–water partition coefficient (Wildman–Crippen LogP) is 2.07. The lowest BCUT2D eigenvalue weighted by atomic mass is 10.2. The van der Waals surface area contributed by atoms with Crippen molar-refractivity contribution in [3.63, 3.8) is 0 Å².